The van der Waals surface area contributed by atoms with Crippen molar-refractivity contribution in [2.24, 2.45) is 10.7 Å². The summed E-state index contributed by atoms with van der Waals surface area (Å²) in [7, 11) is 3.03. The van der Waals surface area contributed by atoms with Gasteiger partial charge < -0.3 is 30.3 Å². The zero-order chi connectivity index (χ0) is 19.8. The van der Waals surface area contributed by atoms with E-state index in [2.05, 4.69) is 20.4 Å². The molecule has 2 aromatic rings. The number of hydrogen-bond donors (Lipinski definition) is 3. The first-order chi connectivity index (χ1) is 12.9. The summed E-state index contributed by atoms with van der Waals surface area (Å²) in [6.07, 6.45) is 0. The van der Waals surface area contributed by atoms with Gasteiger partial charge in [-0.3, -0.25) is 9.79 Å². The van der Waals surface area contributed by atoms with Crippen molar-refractivity contribution in [3.63, 3.8) is 0 Å². The van der Waals surface area contributed by atoms with Gasteiger partial charge in [0, 0.05) is 19.2 Å². The van der Waals surface area contributed by atoms with E-state index in [9.17, 15) is 13.6 Å². The van der Waals surface area contributed by atoms with E-state index < -0.39 is 12.5 Å². The maximum absolute atomic E-state index is 12.6. The number of methoxy groups -OCH3 is 1. The number of guanidine groups is 1. The number of furan rings is 1. The minimum absolute atomic E-state index is 0.0332. The Labute approximate surface area is 154 Å². The third-order valence-corrected chi connectivity index (χ3v) is 3.49. The van der Waals surface area contributed by atoms with Gasteiger partial charge in [-0.2, -0.15) is 8.78 Å². The van der Waals surface area contributed by atoms with Crippen LogP contribution in [-0.4, -0.2) is 32.6 Å². The Morgan fingerprint density at radius 1 is 1.26 bits per heavy atom. The van der Waals surface area contributed by atoms with Crippen LogP contribution in [-0.2, 0) is 13.1 Å². The van der Waals surface area contributed by atoms with Crippen molar-refractivity contribution in [3.05, 3.63) is 47.4 Å². The monoisotopic (exact) mass is 382 g/mol. The number of aliphatic imine (C=N–C) groups is 1. The number of nitrogens with one attached hydrogen (secondary N) is 2. The fourth-order valence-electron chi connectivity index (χ4n) is 2.21. The molecule has 0 unspecified atom stereocenters. The lowest BCUT2D eigenvalue weighted by Crippen LogP contribution is -2.36. The number of benzene rings is 1. The van der Waals surface area contributed by atoms with E-state index in [1.165, 1.54) is 25.3 Å². The van der Waals surface area contributed by atoms with Crippen LogP contribution in [0.1, 0.15) is 21.9 Å². The minimum atomic E-state index is -2.94. The highest BCUT2D eigenvalue weighted by Crippen LogP contribution is 2.25. The molecule has 146 valence electrons. The zero-order valence-electron chi connectivity index (χ0n) is 14.8. The van der Waals surface area contributed by atoms with Gasteiger partial charge in [0.15, 0.2) is 11.7 Å². The Balaban J connectivity index is 1.99. The van der Waals surface area contributed by atoms with Gasteiger partial charge in [0.1, 0.15) is 17.3 Å². The molecule has 0 aliphatic carbocycles. The van der Waals surface area contributed by atoms with Crippen molar-refractivity contribution in [2.45, 2.75) is 19.7 Å². The zero-order valence-corrected chi connectivity index (χ0v) is 14.8. The van der Waals surface area contributed by atoms with E-state index in [1.807, 2.05) is 0 Å². The van der Waals surface area contributed by atoms with Crippen LogP contribution in [0.25, 0.3) is 0 Å². The van der Waals surface area contributed by atoms with Crippen molar-refractivity contribution in [1.29, 1.82) is 0 Å². The molecule has 0 atom stereocenters. The third kappa shape index (κ3) is 5.87. The van der Waals surface area contributed by atoms with Crippen LogP contribution in [0.2, 0.25) is 0 Å². The quantitative estimate of drug-likeness (QED) is 0.475. The summed E-state index contributed by atoms with van der Waals surface area (Å²) in [4.78, 5) is 15.1. The summed E-state index contributed by atoms with van der Waals surface area (Å²) in [5, 5.41) is 5.95. The first-order valence-electron chi connectivity index (χ1n) is 7.87. The van der Waals surface area contributed by atoms with Crippen LogP contribution in [0.4, 0.5) is 8.78 Å². The minimum Gasteiger partial charge on any atom is -0.497 e. The number of amides is 1. The molecule has 1 heterocycles. The molecule has 0 saturated heterocycles. The fraction of sp³-hybridized carbons (Fsp3) is 0.294. The number of hydrogen-bond acceptors (Lipinski definition) is 5. The number of ether oxygens (including phenoxy) is 2. The van der Waals surface area contributed by atoms with Gasteiger partial charge in [-0.1, -0.05) is 0 Å². The molecule has 2 rings (SSSR count). The van der Waals surface area contributed by atoms with Crippen molar-refractivity contribution >= 4 is 11.9 Å². The average Bonchev–Trinajstić information content (AvgIpc) is 3.12. The number of halogens is 2. The normalized spacial score (nSPS) is 11.4. The smallest absolute Gasteiger partial charge is 0.387 e. The van der Waals surface area contributed by atoms with Gasteiger partial charge in [-0.15, -0.1) is 0 Å². The predicted octanol–water partition coefficient (Wildman–Crippen LogP) is 1.85. The SMILES string of the molecule is CN=C(NCc1ccc(C(N)=O)o1)NCc1cc(OC)ccc1OC(F)F. The topological polar surface area (TPSA) is 111 Å². The lowest BCUT2D eigenvalue weighted by molar-refractivity contribution is -0.0505. The van der Waals surface area contributed by atoms with Crippen LogP contribution in [0, 0.1) is 0 Å². The van der Waals surface area contributed by atoms with Crippen molar-refractivity contribution in [2.75, 3.05) is 14.2 Å². The summed E-state index contributed by atoms with van der Waals surface area (Å²) in [6.45, 7) is -2.54. The van der Waals surface area contributed by atoms with Gasteiger partial charge in [0.2, 0.25) is 0 Å². The molecule has 0 aliphatic heterocycles. The highest BCUT2D eigenvalue weighted by atomic mass is 19.3. The second kappa shape index (κ2) is 9.41. The molecule has 0 fully saturated rings. The molecule has 0 radical (unpaired) electrons. The highest BCUT2D eigenvalue weighted by Gasteiger charge is 2.12. The predicted molar refractivity (Wildman–Crippen MR) is 93.9 cm³/mol. The van der Waals surface area contributed by atoms with Gasteiger partial charge >= 0.3 is 6.61 Å². The number of nitrogens with zero attached hydrogens (tertiary/aromatic N) is 1. The largest absolute Gasteiger partial charge is 0.497 e. The second-order valence-electron chi connectivity index (χ2n) is 5.26. The fourth-order valence-corrected chi connectivity index (χ4v) is 2.21. The molecule has 8 nitrogen and oxygen atoms in total. The maximum Gasteiger partial charge on any atom is 0.387 e. The first-order valence-corrected chi connectivity index (χ1v) is 7.87. The van der Waals surface area contributed by atoms with Crippen LogP contribution in [0.15, 0.2) is 39.7 Å². The van der Waals surface area contributed by atoms with Crippen molar-refractivity contribution in [1.82, 2.24) is 10.6 Å². The van der Waals surface area contributed by atoms with Crippen molar-refractivity contribution in [3.8, 4) is 11.5 Å². The Morgan fingerprint density at radius 3 is 2.59 bits per heavy atom. The Morgan fingerprint density at radius 2 is 2.00 bits per heavy atom. The van der Waals surface area contributed by atoms with E-state index in [1.54, 1.807) is 19.2 Å². The Hall–Kier alpha value is -3.30. The van der Waals surface area contributed by atoms with E-state index in [0.29, 0.717) is 23.0 Å². The molecular formula is C17H20F2N4O4. The summed E-state index contributed by atoms with van der Waals surface area (Å²) in [6, 6.07) is 7.61. The molecule has 4 N–H and O–H groups in total. The standard InChI is InChI=1S/C17H20F2N4O4/c1-21-17(23-9-12-4-6-14(26-12)15(20)24)22-8-10-7-11(25-2)3-5-13(10)27-16(18)19/h3-7,16H,8-9H2,1-2H3,(H2,20,24)(H2,21,22,23). The summed E-state index contributed by atoms with van der Waals surface area (Å²) in [5.74, 6) is 0.803. The molecule has 1 aromatic heterocycles. The number of carbonyl (C=O) groups is 1. The third-order valence-electron chi connectivity index (χ3n) is 3.49. The molecule has 0 aliphatic rings. The Kier molecular flexibility index (Phi) is 6.98. The summed E-state index contributed by atoms with van der Waals surface area (Å²) >= 11 is 0. The maximum atomic E-state index is 12.6. The molecule has 1 aromatic carbocycles. The van der Waals surface area contributed by atoms with Crippen LogP contribution in [0.5, 0.6) is 11.5 Å². The molecule has 0 bridgehead atoms. The van der Waals surface area contributed by atoms with E-state index >= 15 is 0 Å². The number of alkyl halides is 2. The lowest BCUT2D eigenvalue weighted by Gasteiger charge is -2.15. The molecular weight excluding hydrogens is 362 g/mol. The average molecular weight is 382 g/mol. The molecule has 1 amide bonds. The Bertz CT molecular complexity index is 808. The summed E-state index contributed by atoms with van der Waals surface area (Å²) in [5.41, 5.74) is 5.59. The van der Waals surface area contributed by atoms with Gasteiger partial charge in [-0.25, -0.2) is 0 Å². The second-order valence-corrected chi connectivity index (χ2v) is 5.26. The molecule has 0 saturated carbocycles. The summed E-state index contributed by atoms with van der Waals surface area (Å²) < 4.78 is 40.0. The lowest BCUT2D eigenvalue weighted by atomic mass is 10.2. The molecule has 0 spiro atoms. The number of nitrogens with two attached hydrogens (primary N) is 1. The number of primary amides is 1. The van der Waals surface area contributed by atoms with Crippen LogP contribution >= 0.6 is 0 Å². The highest BCUT2D eigenvalue weighted by molar-refractivity contribution is 5.89. The van der Waals surface area contributed by atoms with Gasteiger partial charge in [0.05, 0.1) is 13.7 Å². The van der Waals surface area contributed by atoms with Crippen LogP contribution < -0.4 is 25.8 Å². The first kappa shape index (κ1) is 20.0. The van der Waals surface area contributed by atoms with E-state index in [0.717, 1.165) is 0 Å². The van der Waals surface area contributed by atoms with Crippen LogP contribution in [0.3, 0.4) is 0 Å². The van der Waals surface area contributed by atoms with Gasteiger partial charge in [0.25, 0.3) is 5.91 Å². The van der Waals surface area contributed by atoms with Gasteiger partial charge in [-0.05, 0) is 30.3 Å². The molecule has 27 heavy (non-hydrogen) atoms. The van der Waals surface area contributed by atoms with Crippen molar-refractivity contribution < 1.29 is 27.5 Å². The van der Waals surface area contributed by atoms with E-state index in [-0.39, 0.29) is 24.6 Å². The number of rotatable bonds is 8. The molecule has 10 heteroatoms. The van der Waals surface area contributed by atoms with E-state index in [4.69, 9.17) is 14.9 Å². The number of carbonyl (C=O) groups excluding carboxylic acids is 1.